The molecule has 0 aromatic heterocycles. The smallest absolute Gasteiger partial charge is 0.189 e. The first kappa shape index (κ1) is 15.9. The fourth-order valence-electron chi connectivity index (χ4n) is 1.81. The molecule has 0 aliphatic heterocycles. The third-order valence-corrected chi connectivity index (χ3v) is 3.57. The molecule has 0 aliphatic carbocycles. The van der Waals surface area contributed by atoms with E-state index >= 15 is 0 Å². The highest BCUT2D eigenvalue weighted by Gasteiger charge is 2.10. The summed E-state index contributed by atoms with van der Waals surface area (Å²) in [4.78, 5) is 12.1. The van der Waals surface area contributed by atoms with E-state index in [0.29, 0.717) is 15.8 Å². The number of halogens is 1. The Balaban J connectivity index is 2.25. The average Bonchev–Trinajstić information content (AvgIpc) is 2.49. The maximum absolute atomic E-state index is 12.1. The van der Waals surface area contributed by atoms with E-state index in [1.807, 2.05) is 0 Å². The van der Waals surface area contributed by atoms with Crippen molar-refractivity contribution in [2.24, 2.45) is 0 Å². The van der Waals surface area contributed by atoms with Crippen LogP contribution in [0.5, 0.6) is 23.0 Å². The molecule has 6 heteroatoms. The molecule has 0 heterocycles. The molecule has 0 saturated heterocycles. The van der Waals surface area contributed by atoms with Crippen LogP contribution in [0.4, 0.5) is 0 Å². The highest BCUT2D eigenvalue weighted by atomic mass is 79.9. The second-order valence-electron chi connectivity index (χ2n) is 4.45. The lowest BCUT2D eigenvalue weighted by atomic mass is 10.1. The Bertz CT molecular complexity index is 729. The quantitative estimate of drug-likeness (QED) is 0.439. The summed E-state index contributed by atoms with van der Waals surface area (Å²) in [6.07, 6.45) is 2.73. The molecule has 22 heavy (non-hydrogen) atoms. The molecule has 2 aromatic rings. The monoisotopic (exact) mass is 364 g/mol. The number of rotatable bonds is 4. The van der Waals surface area contributed by atoms with Crippen molar-refractivity contribution >= 4 is 27.8 Å². The summed E-state index contributed by atoms with van der Waals surface area (Å²) < 4.78 is 5.26. The molecule has 0 radical (unpaired) electrons. The van der Waals surface area contributed by atoms with Crippen molar-refractivity contribution in [1.82, 2.24) is 0 Å². The highest BCUT2D eigenvalue weighted by molar-refractivity contribution is 9.10. The van der Waals surface area contributed by atoms with Gasteiger partial charge in [0, 0.05) is 6.07 Å². The molecule has 5 nitrogen and oxygen atoms in total. The number of phenolic OH excluding ortho intramolecular Hbond substituents is 3. The number of hydrogen-bond acceptors (Lipinski definition) is 5. The largest absolute Gasteiger partial charge is 0.507 e. The van der Waals surface area contributed by atoms with E-state index in [1.165, 1.54) is 37.5 Å². The van der Waals surface area contributed by atoms with Gasteiger partial charge in [-0.25, -0.2) is 0 Å². The summed E-state index contributed by atoms with van der Waals surface area (Å²) in [6.45, 7) is 0. The second kappa shape index (κ2) is 6.53. The summed E-state index contributed by atoms with van der Waals surface area (Å²) in [5.41, 5.74) is 0.655. The van der Waals surface area contributed by atoms with Gasteiger partial charge in [0.25, 0.3) is 0 Å². The molecule has 0 saturated carbocycles. The molecule has 0 bridgehead atoms. The molecule has 0 unspecified atom stereocenters. The van der Waals surface area contributed by atoms with Gasteiger partial charge in [-0.05, 0) is 51.8 Å². The van der Waals surface area contributed by atoms with Crippen LogP contribution in [-0.2, 0) is 0 Å². The van der Waals surface area contributed by atoms with Gasteiger partial charge in [-0.1, -0.05) is 6.08 Å². The number of carbonyl (C=O) groups excluding carboxylic acids is 1. The Labute approximate surface area is 135 Å². The van der Waals surface area contributed by atoms with Crippen molar-refractivity contribution in [2.45, 2.75) is 0 Å². The summed E-state index contributed by atoms with van der Waals surface area (Å²) >= 11 is 3.09. The minimum absolute atomic E-state index is 0.138. The summed E-state index contributed by atoms with van der Waals surface area (Å²) in [5.74, 6) is -0.692. The number of allylic oxidation sites excluding steroid dienone is 1. The first-order valence-electron chi connectivity index (χ1n) is 6.23. The third-order valence-electron chi connectivity index (χ3n) is 2.96. The Hall–Kier alpha value is -2.47. The van der Waals surface area contributed by atoms with Crippen LogP contribution in [0.3, 0.4) is 0 Å². The van der Waals surface area contributed by atoms with Crippen LogP contribution >= 0.6 is 15.9 Å². The lowest BCUT2D eigenvalue weighted by Crippen LogP contribution is -1.95. The van der Waals surface area contributed by atoms with Crippen molar-refractivity contribution in [3.8, 4) is 23.0 Å². The van der Waals surface area contributed by atoms with Gasteiger partial charge < -0.3 is 20.1 Å². The molecule has 2 rings (SSSR count). The molecular formula is C16H13BrO5. The molecule has 0 amide bonds. The number of aromatic hydroxyl groups is 3. The topological polar surface area (TPSA) is 87.0 Å². The molecule has 2 aromatic carbocycles. The SMILES string of the molecule is COc1ccc(C(=O)/C=C/c2cc(O)c(O)c(Br)c2)c(O)c1. The Morgan fingerprint density at radius 1 is 1.14 bits per heavy atom. The van der Waals surface area contributed by atoms with E-state index in [4.69, 9.17) is 4.74 Å². The normalized spacial score (nSPS) is 10.8. The number of phenols is 3. The molecule has 0 atom stereocenters. The van der Waals surface area contributed by atoms with Crippen LogP contribution in [0.1, 0.15) is 15.9 Å². The van der Waals surface area contributed by atoms with Gasteiger partial charge in [0.2, 0.25) is 0 Å². The van der Waals surface area contributed by atoms with Crippen molar-refractivity contribution in [2.75, 3.05) is 7.11 Å². The van der Waals surface area contributed by atoms with E-state index in [1.54, 1.807) is 12.1 Å². The fourth-order valence-corrected chi connectivity index (χ4v) is 2.28. The van der Waals surface area contributed by atoms with E-state index < -0.39 is 5.78 Å². The zero-order chi connectivity index (χ0) is 16.3. The van der Waals surface area contributed by atoms with Crippen LogP contribution in [0.2, 0.25) is 0 Å². The second-order valence-corrected chi connectivity index (χ2v) is 5.31. The number of ketones is 1. The predicted molar refractivity (Wildman–Crippen MR) is 85.5 cm³/mol. The number of ether oxygens (including phenoxy) is 1. The first-order valence-corrected chi connectivity index (χ1v) is 7.02. The van der Waals surface area contributed by atoms with Crippen LogP contribution < -0.4 is 4.74 Å². The van der Waals surface area contributed by atoms with Gasteiger partial charge >= 0.3 is 0 Å². The van der Waals surface area contributed by atoms with Crippen LogP contribution in [0.15, 0.2) is 40.9 Å². The van der Waals surface area contributed by atoms with Crippen molar-refractivity contribution < 1.29 is 24.9 Å². The minimum atomic E-state index is -0.399. The van der Waals surface area contributed by atoms with Crippen LogP contribution in [0, 0.1) is 0 Å². The van der Waals surface area contributed by atoms with E-state index in [2.05, 4.69) is 15.9 Å². The Morgan fingerprint density at radius 3 is 2.45 bits per heavy atom. The molecule has 0 spiro atoms. The van der Waals surface area contributed by atoms with Crippen molar-refractivity contribution in [1.29, 1.82) is 0 Å². The molecular weight excluding hydrogens is 352 g/mol. The molecule has 0 aliphatic rings. The van der Waals surface area contributed by atoms with E-state index in [-0.39, 0.29) is 22.8 Å². The zero-order valence-corrected chi connectivity index (χ0v) is 13.2. The zero-order valence-electron chi connectivity index (χ0n) is 11.6. The van der Waals surface area contributed by atoms with Gasteiger partial charge in [0.1, 0.15) is 11.5 Å². The third kappa shape index (κ3) is 3.40. The molecule has 0 fully saturated rings. The average molecular weight is 365 g/mol. The van der Waals surface area contributed by atoms with E-state index in [0.717, 1.165) is 0 Å². The highest BCUT2D eigenvalue weighted by Crippen LogP contribution is 2.34. The standard InChI is InChI=1S/C16H13BrO5/c1-22-10-3-4-11(14(19)8-10)13(18)5-2-9-6-12(17)16(21)15(20)7-9/h2-8,19-21H,1H3/b5-2+. The fraction of sp³-hybridized carbons (Fsp3) is 0.0625. The lowest BCUT2D eigenvalue weighted by molar-refractivity contribution is 0.104. The Kier molecular flexibility index (Phi) is 4.72. The minimum Gasteiger partial charge on any atom is -0.507 e. The van der Waals surface area contributed by atoms with Gasteiger partial charge in [-0.3, -0.25) is 4.79 Å². The molecule has 3 N–H and O–H groups in total. The van der Waals surface area contributed by atoms with Gasteiger partial charge in [-0.2, -0.15) is 0 Å². The summed E-state index contributed by atoms with van der Waals surface area (Å²) in [7, 11) is 1.46. The Morgan fingerprint density at radius 2 is 1.86 bits per heavy atom. The van der Waals surface area contributed by atoms with Gasteiger partial charge in [0.15, 0.2) is 17.3 Å². The van der Waals surface area contributed by atoms with Crippen LogP contribution in [-0.4, -0.2) is 28.2 Å². The number of hydrogen-bond donors (Lipinski definition) is 3. The number of methoxy groups -OCH3 is 1. The number of carbonyl (C=O) groups is 1. The predicted octanol–water partition coefficient (Wildman–Crippen LogP) is 3.47. The van der Waals surface area contributed by atoms with Gasteiger partial charge in [0.05, 0.1) is 17.1 Å². The maximum Gasteiger partial charge on any atom is 0.189 e. The summed E-state index contributed by atoms with van der Waals surface area (Å²) in [5, 5.41) is 28.8. The van der Waals surface area contributed by atoms with Crippen molar-refractivity contribution in [3.63, 3.8) is 0 Å². The summed E-state index contributed by atoms with van der Waals surface area (Å²) in [6, 6.07) is 7.25. The maximum atomic E-state index is 12.1. The first-order chi connectivity index (χ1) is 10.4. The molecule has 114 valence electrons. The van der Waals surface area contributed by atoms with Crippen LogP contribution in [0.25, 0.3) is 6.08 Å². The number of benzene rings is 2. The van der Waals surface area contributed by atoms with Gasteiger partial charge in [-0.15, -0.1) is 0 Å². The lowest BCUT2D eigenvalue weighted by Gasteiger charge is -2.04. The van der Waals surface area contributed by atoms with Crippen molar-refractivity contribution in [3.05, 3.63) is 52.0 Å². The van der Waals surface area contributed by atoms with E-state index in [9.17, 15) is 20.1 Å².